The molecule has 0 fully saturated rings. The standard InChI is InChI=1S/C16H16ClNO5/c1-9-12(6-7-22-9)16(20)23-10(2)15(19)18-11-4-5-14(21-3)13(17)8-11/h4-8,10H,1-3H3,(H,18,19)/t10-/m0/s1. The fourth-order valence-corrected chi connectivity index (χ4v) is 2.12. The minimum absolute atomic E-state index is 0.289. The summed E-state index contributed by atoms with van der Waals surface area (Å²) in [5, 5.41) is 2.98. The highest BCUT2D eigenvalue weighted by Gasteiger charge is 2.21. The van der Waals surface area contributed by atoms with Gasteiger partial charge in [-0.05, 0) is 38.1 Å². The molecule has 0 aliphatic heterocycles. The van der Waals surface area contributed by atoms with Crippen molar-refractivity contribution in [3.8, 4) is 5.75 Å². The molecule has 1 amide bonds. The lowest BCUT2D eigenvalue weighted by Crippen LogP contribution is -2.30. The Morgan fingerprint density at radius 1 is 1.30 bits per heavy atom. The van der Waals surface area contributed by atoms with Crippen molar-refractivity contribution in [2.24, 2.45) is 0 Å². The molecule has 1 aromatic carbocycles. The third-order valence-corrected chi connectivity index (χ3v) is 3.45. The van der Waals surface area contributed by atoms with E-state index in [4.69, 9.17) is 25.5 Å². The van der Waals surface area contributed by atoms with E-state index in [9.17, 15) is 9.59 Å². The van der Waals surface area contributed by atoms with Crippen LogP contribution in [-0.4, -0.2) is 25.1 Å². The number of ether oxygens (including phenoxy) is 2. The van der Waals surface area contributed by atoms with Gasteiger partial charge in [-0.1, -0.05) is 11.6 Å². The zero-order valence-electron chi connectivity index (χ0n) is 12.9. The number of furan rings is 1. The topological polar surface area (TPSA) is 77.8 Å². The number of halogens is 1. The Morgan fingerprint density at radius 3 is 2.61 bits per heavy atom. The van der Waals surface area contributed by atoms with E-state index >= 15 is 0 Å². The largest absolute Gasteiger partial charge is 0.495 e. The monoisotopic (exact) mass is 337 g/mol. The third-order valence-electron chi connectivity index (χ3n) is 3.15. The van der Waals surface area contributed by atoms with Crippen LogP contribution >= 0.6 is 11.6 Å². The quantitative estimate of drug-likeness (QED) is 0.846. The summed E-state index contributed by atoms with van der Waals surface area (Å²) in [6, 6.07) is 6.30. The molecule has 0 unspecified atom stereocenters. The Labute approximate surface area is 138 Å². The van der Waals surface area contributed by atoms with Crippen molar-refractivity contribution in [3.63, 3.8) is 0 Å². The number of esters is 1. The van der Waals surface area contributed by atoms with Crippen molar-refractivity contribution in [2.75, 3.05) is 12.4 Å². The van der Waals surface area contributed by atoms with Gasteiger partial charge in [-0.25, -0.2) is 4.79 Å². The molecule has 2 aromatic rings. The number of nitrogens with one attached hydrogen (secondary N) is 1. The van der Waals surface area contributed by atoms with Gasteiger partial charge in [0.1, 0.15) is 17.1 Å². The van der Waals surface area contributed by atoms with E-state index in [0.29, 0.717) is 22.2 Å². The van der Waals surface area contributed by atoms with Crippen molar-refractivity contribution in [3.05, 3.63) is 46.9 Å². The van der Waals surface area contributed by atoms with Gasteiger partial charge in [0.2, 0.25) is 0 Å². The van der Waals surface area contributed by atoms with Crippen LogP contribution < -0.4 is 10.1 Å². The fourth-order valence-electron chi connectivity index (χ4n) is 1.86. The minimum Gasteiger partial charge on any atom is -0.495 e. The van der Waals surface area contributed by atoms with Gasteiger partial charge in [-0.15, -0.1) is 0 Å². The van der Waals surface area contributed by atoms with Gasteiger partial charge in [-0.3, -0.25) is 4.79 Å². The number of carbonyl (C=O) groups excluding carboxylic acids is 2. The van der Waals surface area contributed by atoms with Gasteiger partial charge in [-0.2, -0.15) is 0 Å². The first kappa shape index (κ1) is 16.9. The first-order chi connectivity index (χ1) is 10.9. The molecule has 2 rings (SSSR count). The molecule has 0 saturated carbocycles. The summed E-state index contributed by atoms with van der Waals surface area (Å²) in [4.78, 5) is 24.0. The number of hydrogen-bond acceptors (Lipinski definition) is 5. The van der Waals surface area contributed by atoms with Gasteiger partial charge in [0.25, 0.3) is 5.91 Å². The predicted molar refractivity (Wildman–Crippen MR) is 85.0 cm³/mol. The van der Waals surface area contributed by atoms with E-state index in [0.717, 1.165) is 0 Å². The molecule has 6 nitrogen and oxygen atoms in total. The van der Waals surface area contributed by atoms with Crippen molar-refractivity contribution < 1.29 is 23.5 Å². The SMILES string of the molecule is COc1ccc(NC(=O)[C@H](C)OC(=O)c2ccoc2C)cc1Cl. The number of benzene rings is 1. The van der Waals surface area contributed by atoms with Crippen LogP contribution in [0.2, 0.25) is 5.02 Å². The molecule has 0 spiro atoms. The molecule has 1 N–H and O–H groups in total. The van der Waals surface area contributed by atoms with E-state index in [1.807, 2.05) is 0 Å². The Hall–Kier alpha value is -2.47. The fraction of sp³-hybridized carbons (Fsp3) is 0.250. The number of anilines is 1. The summed E-state index contributed by atoms with van der Waals surface area (Å²) in [5.41, 5.74) is 0.764. The first-order valence-corrected chi connectivity index (χ1v) is 7.19. The second-order valence-corrected chi connectivity index (χ2v) is 5.18. The maximum atomic E-state index is 12.1. The van der Waals surface area contributed by atoms with Crippen LogP contribution in [0, 0.1) is 6.92 Å². The zero-order chi connectivity index (χ0) is 17.0. The van der Waals surface area contributed by atoms with E-state index in [-0.39, 0.29) is 5.56 Å². The lowest BCUT2D eigenvalue weighted by Gasteiger charge is -2.14. The van der Waals surface area contributed by atoms with Crippen LogP contribution in [0.15, 0.2) is 34.9 Å². The van der Waals surface area contributed by atoms with E-state index in [2.05, 4.69) is 5.32 Å². The van der Waals surface area contributed by atoms with Gasteiger partial charge in [0.15, 0.2) is 6.10 Å². The number of hydrogen-bond donors (Lipinski definition) is 1. The summed E-state index contributed by atoms with van der Waals surface area (Å²) in [7, 11) is 1.50. The smallest absolute Gasteiger partial charge is 0.342 e. The van der Waals surface area contributed by atoms with Gasteiger partial charge in [0, 0.05) is 5.69 Å². The van der Waals surface area contributed by atoms with Crippen LogP contribution in [0.3, 0.4) is 0 Å². The Balaban J connectivity index is 1.99. The maximum absolute atomic E-state index is 12.1. The molecule has 0 aliphatic rings. The molecule has 122 valence electrons. The normalized spacial score (nSPS) is 11.7. The van der Waals surface area contributed by atoms with Gasteiger partial charge in [0.05, 0.1) is 18.4 Å². The molecule has 0 aliphatic carbocycles. The molecule has 1 aromatic heterocycles. The highest BCUT2D eigenvalue weighted by molar-refractivity contribution is 6.32. The first-order valence-electron chi connectivity index (χ1n) is 6.82. The maximum Gasteiger partial charge on any atom is 0.342 e. The van der Waals surface area contributed by atoms with Gasteiger partial charge < -0.3 is 19.2 Å². The van der Waals surface area contributed by atoms with Crippen LogP contribution in [0.4, 0.5) is 5.69 Å². The number of carbonyl (C=O) groups is 2. The number of amides is 1. The van der Waals surface area contributed by atoms with Crippen molar-refractivity contribution in [1.82, 2.24) is 0 Å². The zero-order valence-corrected chi connectivity index (χ0v) is 13.6. The summed E-state index contributed by atoms with van der Waals surface area (Å²) < 4.78 is 15.2. The molecule has 1 atom stereocenters. The molecular formula is C16H16ClNO5. The number of rotatable bonds is 5. The van der Waals surface area contributed by atoms with Crippen molar-refractivity contribution in [2.45, 2.75) is 20.0 Å². The van der Waals surface area contributed by atoms with E-state index < -0.39 is 18.0 Å². The molecule has 0 radical (unpaired) electrons. The average molecular weight is 338 g/mol. The van der Waals surface area contributed by atoms with E-state index in [1.165, 1.54) is 26.4 Å². The van der Waals surface area contributed by atoms with Crippen LogP contribution in [0.5, 0.6) is 5.75 Å². The molecule has 0 saturated heterocycles. The van der Waals surface area contributed by atoms with Crippen molar-refractivity contribution in [1.29, 1.82) is 0 Å². The predicted octanol–water partition coefficient (Wildman–Crippen LogP) is 3.43. The van der Waals surface area contributed by atoms with Crippen LogP contribution in [-0.2, 0) is 9.53 Å². The highest BCUT2D eigenvalue weighted by atomic mass is 35.5. The molecule has 7 heteroatoms. The lowest BCUT2D eigenvalue weighted by atomic mass is 10.2. The molecular weight excluding hydrogens is 322 g/mol. The second kappa shape index (κ2) is 7.19. The summed E-state index contributed by atoms with van der Waals surface area (Å²) >= 11 is 5.99. The summed E-state index contributed by atoms with van der Waals surface area (Å²) in [5.74, 6) is -0.156. The second-order valence-electron chi connectivity index (χ2n) is 4.78. The molecule has 23 heavy (non-hydrogen) atoms. The van der Waals surface area contributed by atoms with Gasteiger partial charge >= 0.3 is 5.97 Å². The Kier molecular flexibility index (Phi) is 5.28. The minimum atomic E-state index is -0.974. The van der Waals surface area contributed by atoms with Crippen LogP contribution in [0.25, 0.3) is 0 Å². The highest BCUT2D eigenvalue weighted by Crippen LogP contribution is 2.27. The number of aryl methyl sites for hydroxylation is 1. The van der Waals surface area contributed by atoms with Crippen molar-refractivity contribution >= 4 is 29.2 Å². The molecule has 1 heterocycles. The Bertz CT molecular complexity index is 725. The van der Waals surface area contributed by atoms with E-state index in [1.54, 1.807) is 25.1 Å². The average Bonchev–Trinajstić information content (AvgIpc) is 2.93. The lowest BCUT2D eigenvalue weighted by molar-refractivity contribution is -0.123. The third kappa shape index (κ3) is 4.04. The molecule has 0 bridgehead atoms. The summed E-state index contributed by atoms with van der Waals surface area (Å²) in [6.45, 7) is 3.12. The Morgan fingerprint density at radius 2 is 2.04 bits per heavy atom. The number of methoxy groups -OCH3 is 1. The summed E-state index contributed by atoms with van der Waals surface area (Å²) in [6.07, 6.45) is 0.411. The van der Waals surface area contributed by atoms with Crippen LogP contribution in [0.1, 0.15) is 23.0 Å².